The number of rotatable bonds is 6. The molecule has 0 bridgehead atoms. The van der Waals surface area contributed by atoms with Crippen LogP contribution in [0.1, 0.15) is 6.92 Å². The van der Waals surface area contributed by atoms with E-state index in [1.165, 1.54) is 51.5 Å². The lowest BCUT2D eigenvalue weighted by atomic mass is 10.2. The number of carbonyl (C=O) groups excluding carboxylic acids is 1. The maximum absolute atomic E-state index is 12.7. The Kier molecular flexibility index (Phi) is 5.46. The van der Waals surface area contributed by atoms with Gasteiger partial charge in [0.15, 0.2) is 0 Å². The summed E-state index contributed by atoms with van der Waals surface area (Å²) < 4.78 is 63.2. The third-order valence-electron chi connectivity index (χ3n) is 4.39. The first-order chi connectivity index (χ1) is 13.6. The number of nitrogens with one attached hydrogen (secondary N) is 1. The highest BCUT2D eigenvalue weighted by molar-refractivity contribution is 7.94. The van der Waals surface area contributed by atoms with Crippen LogP contribution in [0.3, 0.4) is 0 Å². The van der Waals surface area contributed by atoms with Crippen LogP contribution in [0.25, 0.3) is 0 Å². The third kappa shape index (κ3) is 4.01. The molecular formula is C18H20N2O7S2. The number of benzene rings is 2. The molecule has 1 atom stereocenters. The van der Waals surface area contributed by atoms with Gasteiger partial charge in [-0.2, -0.15) is 0 Å². The highest BCUT2D eigenvalue weighted by Gasteiger charge is 2.42. The summed E-state index contributed by atoms with van der Waals surface area (Å²) in [5.41, 5.74) is 0.277. The number of methoxy groups -OCH3 is 2. The smallest absolute Gasteiger partial charge is 0.262 e. The Bertz CT molecular complexity index is 1140. The summed E-state index contributed by atoms with van der Waals surface area (Å²) >= 11 is 0. The molecule has 1 aliphatic heterocycles. The summed E-state index contributed by atoms with van der Waals surface area (Å²) in [6, 6.07) is 9.69. The second-order valence-corrected chi connectivity index (χ2v) is 9.99. The van der Waals surface area contributed by atoms with Crippen molar-refractivity contribution in [2.24, 2.45) is 5.92 Å². The topological polar surface area (TPSA) is 119 Å². The Labute approximate surface area is 169 Å². The van der Waals surface area contributed by atoms with Crippen LogP contribution in [-0.2, 0) is 24.8 Å². The summed E-state index contributed by atoms with van der Waals surface area (Å²) in [6.07, 6.45) is 0. The van der Waals surface area contributed by atoms with Gasteiger partial charge in [0.05, 0.1) is 42.2 Å². The minimum atomic E-state index is -4.00. The van der Waals surface area contributed by atoms with Gasteiger partial charge in [0, 0.05) is 6.07 Å². The molecular weight excluding hydrogens is 420 g/mol. The summed E-state index contributed by atoms with van der Waals surface area (Å²) in [6.45, 7) is 1.53. The van der Waals surface area contributed by atoms with E-state index in [0.29, 0.717) is 15.8 Å². The van der Waals surface area contributed by atoms with Crippen molar-refractivity contribution in [1.82, 2.24) is 0 Å². The van der Waals surface area contributed by atoms with Crippen LogP contribution < -0.4 is 18.5 Å². The highest BCUT2D eigenvalue weighted by atomic mass is 32.2. The Hall–Kier alpha value is -2.79. The maximum Gasteiger partial charge on any atom is 0.262 e. The lowest BCUT2D eigenvalue weighted by Crippen LogP contribution is -2.30. The molecule has 2 aromatic carbocycles. The molecule has 2 aromatic rings. The van der Waals surface area contributed by atoms with Gasteiger partial charge < -0.3 is 9.47 Å². The summed E-state index contributed by atoms with van der Waals surface area (Å²) in [5.74, 6) is -0.729. The molecule has 0 aliphatic carbocycles. The Balaban J connectivity index is 1.91. The predicted octanol–water partition coefficient (Wildman–Crippen LogP) is 1.82. The molecule has 29 heavy (non-hydrogen) atoms. The monoisotopic (exact) mass is 440 g/mol. The maximum atomic E-state index is 12.7. The molecule has 1 fully saturated rings. The molecule has 1 unspecified atom stereocenters. The van der Waals surface area contributed by atoms with E-state index < -0.39 is 31.9 Å². The van der Waals surface area contributed by atoms with Gasteiger partial charge in [0.1, 0.15) is 11.5 Å². The van der Waals surface area contributed by atoms with Gasteiger partial charge in [-0.1, -0.05) is 6.92 Å². The van der Waals surface area contributed by atoms with Crippen molar-refractivity contribution in [3.8, 4) is 11.5 Å². The van der Waals surface area contributed by atoms with Gasteiger partial charge in [0.2, 0.25) is 15.9 Å². The number of anilines is 2. The van der Waals surface area contributed by atoms with Crippen LogP contribution in [0.15, 0.2) is 47.4 Å². The van der Waals surface area contributed by atoms with Crippen LogP contribution in [0.2, 0.25) is 0 Å². The van der Waals surface area contributed by atoms with E-state index in [1.807, 2.05) is 0 Å². The van der Waals surface area contributed by atoms with Gasteiger partial charge >= 0.3 is 0 Å². The van der Waals surface area contributed by atoms with E-state index in [9.17, 15) is 21.6 Å². The Morgan fingerprint density at radius 1 is 1.07 bits per heavy atom. The zero-order chi connectivity index (χ0) is 21.4. The van der Waals surface area contributed by atoms with E-state index >= 15 is 0 Å². The molecule has 11 heteroatoms. The number of hydrogen-bond acceptors (Lipinski definition) is 7. The standard InChI is InChI=1S/C18H20N2O7S2/c1-12-11-28(22,23)20(18(12)21)13-4-7-15(8-5-13)29(24,25)19-16-10-14(26-2)6-9-17(16)27-3/h4-10,12,19H,11H2,1-3H3. The number of carbonyl (C=O) groups is 1. The van der Waals surface area contributed by atoms with Crippen molar-refractivity contribution >= 4 is 37.3 Å². The van der Waals surface area contributed by atoms with Crippen LogP contribution >= 0.6 is 0 Å². The molecule has 0 saturated carbocycles. The van der Waals surface area contributed by atoms with Crippen molar-refractivity contribution in [1.29, 1.82) is 0 Å². The molecule has 9 nitrogen and oxygen atoms in total. The van der Waals surface area contributed by atoms with Gasteiger partial charge in [-0.05, 0) is 36.4 Å². The van der Waals surface area contributed by atoms with Crippen LogP contribution in [0.4, 0.5) is 11.4 Å². The van der Waals surface area contributed by atoms with Gasteiger partial charge in [-0.15, -0.1) is 0 Å². The first-order valence-corrected chi connectivity index (χ1v) is 11.6. The number of ether oxygens (including phenoxy) is 2. The average Bonchev–Trinajstić information content (AvgIpc) is 2.88. The molecule has 0 spiro atoms. The fraction of sp³-hybridized carbons (Fsp3) is 0.278. The van der Waals surface area contributed by atoms with E-state index in [4.69, 9.17) is 9.47 Å². The quantitative estimate of drug-likeness (QED) is 0.728. The summed E-state index contributed by atoms with van der Waals surface area (Å²) in [7, 11) is -4.91. The number of hydrogen-bond donors (Lipinski definition) is 1. The molecule has 156 valence electrons. The summed E-state index contributed by atoms with van der Waals surface area (Å²) in [5, 5.41) is 0. The zero-order valence-electron chi connectivity index (χ0n) is 15.9. The molecule has 1 amide bonds. The van der Waals surface area contributed by atoms with Gasteiger partial charge in [0.25, 0.3) is 10.0 Å². The molecule has 1 aliphatic rings. The lowest BCUT2D eigenvalue weighted by molar-refractivity contribution is -0.119. The number of sulfonamides is 2. The van der Waals surface area contributed by atoms with Crippen LogP contribution in [-0.4, -0.2) is 42.7 Å². The summed E-state index contributed by atoms with van der Waals surface area (Å²) in [4.78, 5) is 12.1. The van der Waals surface area contributed by atoms with Crippen molar-refractivity contribution in [2.75, 3.05) is 29.0 Å². The van der Waals surface area contributed by atoms with Crippen molar-refractivity contribution in [2.45, 2.75) is 11.8 Å². The predicted molar refractivity (Wildman–Crippen MR) is 107 cm³/mol. The highest BCUT2D eigenvalue weighted by Crippen LogP contribution is 2.32. The largest absolute Gasteiger partial charge is 0.497 e. The van der Waals surface area contributed by atoms with Gasteiger partial charge in [-0.3, -0.25) is 9.52 Å². The van der Waals surface area contributed by atoms with E-state index in [0.717, 1.165) is 0 Å². The van der Waals surface area contributed by atoms with Crippen molar-refractivity contribution < 1.29 is 31.1 Å². The Morgan fingerprint density at radius 3 is 2.24 bits per heavy atom. The second-order valence-electron chi connectivity index (χ2n) is 6.45. The normalized spacial score (nSPS) is 18.5. The molecule has 1 heterocycles. The molecule has 0 aromatic heterocycles. The minimum absolute atomic E-state index is 0.0947. The van der Waals surface area contributed by atoms with Crippen molar-refractivity contribution in [3.63, 3.8) is 0 Å². The van der Waals surface area contributed by atoms with Gasteiger partial charge in [-0.25, -0.2) is 21.1 Å². The number of nitrogens with zero attached hydrogens (tertiary/aromatic N) is 1. The molecule has 1 N–H and O–H groups in total. The minimum Gasteiger partial charge on any atom is -0.497 e. The fourth-order valence-corrected chi connectivity index (χ4v) is 5.83. The molecule has 1 saturated heterocycles. The molecule has 0 radical (unpaired) electrons. The lowest BCUT2D eigenvalue weighted by Gasteiger charge is -2.16. The van der Waals surface area contributed by atoms with Crippen LogP contribution in [0.5, 0.6) is 11.5 Å². The SMILES string of the molecule is COc1ccc(OC)c(NS(=O)(=O)c2ccc(N3C(=O)C(C)CS3(=O)=O)cc2)c1. The van der Waals surface area contributed by atoms with E-state index in [-0.39, 0.29) is 22.0 Å². The van der Waals surface area contributed by atoms with E-state index in [1.54, 1.807) is 12.1 Å². The third-order valence-corrected chi connectivity index (χ3v) is 7.64. The first-order valence-electron chi connectivity index (χ1n) is 8.51. The Morgan fingerprint density at radius 2 is 1.72 bits per heavy atom. The van der Waals surface area contributed by atoms with Crippen molar-refractivity contribution in [3.05, 3.63) is 42.5 Å². The number of amides is 1. The average molecular weight is 440 g/mol. The zero-order valence-corrected chi connectivity index (χ0v) is 17.6. The fourth-order valence-electron chi connectivity index (χ4n) is 2.95. The molecule has 3 rings (SSSR count). The second kappa shape index (κ2) is 7.56. The first kappa shape index (κ1) is 20.9. The van der Waals surface area contributed by atoms with E-state index in [2.05, 4.69) is 4.72 Å². The van der Waals surface area contributed by atoms with Crippen LogP contribution in [0, 0.1) is 5.92 Å².